The third-order valence-corrected chi connectivity index (χ3v) is 2.84. The van der Waals surface area contributed by atoms with Crippen LogP contribution in [0.1, 0.15) is 18.1 Å². The summed E-state index contributed by atoms with van der Waals surface area (Å²) in [5.41, 5.74) is 5.19. The summed E-state index contributed by atoms with van der Waals surface area (Å²) in [6.45, 7) is 2.55. The maximum Gasteiger partial charge on any atom is 0.416 e. The van der Waals surface area contributed by atoms with E-state index in [0.29, 0.717) is 6.54 Å². The fraction of sp³-hybridized carbons (Fsp3) is 0.500. The molecule has 1 unspecified atom stereocenters. The lowest BCUT2D eigenvalue weighted by Crippen LogP contribution is -2.35. The Morgan fingerprint density at radius 2 is 1.83 bits per heavy atom. The van der Waals surface area contributed by atoms with Gasteiger partial charge in [0.1, 0.15) is 0 Å². The van der Waals surface area contributed by atoms with Gasteiger partial charge in [0.15, 0.2) is 0 Å². The maximum absolute atomic E-state index is 12.7. The van der Waals surface area contributed by atoms with Gasteiger partial charge in [-0.1, -0.05) is 18.2 Å². The molecule has 0 bridgehead atoms. The Labute approximate surface area is 111 Å². The molecule has 18 heavy (non-hydrogen) atoms. The quantitative estimate of drug-likeness (QED) is 0.920. The molecule has 0 aliphatic rings. The molecule has 2 nitrogen and oxygen atoms in total. The normalized spacial score (nSPS) is 13.3. The van der Waals surface area contributed by atoms with Crippen LogP contribution in [0.3, 0.4) is 0 Å². The minimum atomic E-state index is -4.30. The molecule has 1 atom stereocenters. The molecule has 0 fully saturated rings. The highest BCUT2D eigenvalue weighted by atomic mass is 35.5. The highest BCUT2D eigenvalue weighted by Crippen LogP contribution is 2.32. The van der Waals surface area contributed by atoms with Crippen molar-refractivity contribution < 1.29 is 13.2 Å². The molecule has 1 rings (SSSR count). The maximum atomic E-state index is 12.7. The Kier molecular flexibility index (Phi) is 6.67. The van der Waals surface area contributed by atoms with Crippen LogP contribution in [0.5, 0.6) is 0 Å². The number of likely N-dealkylation sites (N-methyl/N-ethyl adjacent to an activating group) is 1. The average Bonchev–Trinajstić information content (AvgIpc) is 2.27. The van der Waals surface area contributed by atoms with Crippen LogP contribution in [0, 0.1) is 0 Å². The first kappa shape index (κ1) is 17.2. The SMILES string of the molecule is CC(CN)N(C)Cc1ccccc1C(F)(F)F.Cl. The second-order valence-electron chi connectivity index (χ2n) is 4.15. The average molecular weight is 283 g/mol. The Morgan fingerprint density at radius 3 is 2.33 bits per heavy atom. The lowest BCUT2D eigenvalue weighted by molar-refractivity contribution is -0.138. The molecule has 0 spiro atoms. The van der Waals surface area contributed by atoms with Crippen LogP contribution in [0.4, 0.5) is 13.2 Å². The van der Waals surface area contributed by atoms with Crippen LogP contribution in [0.25, 0.3) is 0 Å². The van der Waals surface area contributed by atoms with Gasteiger partial charge in [-0.25, -0.2) is 0 Å². The van der Waals surface area contributed by atoms with Crippen LogP contribution < -0.4 is 5.73 Å². The van der Waals surface area contributed by atoms with Gasteiger partial charge in [-0.15, -0.1) is 12.4 Å². The summed E-state index contributed by atoms with van der Waals surface area (Å²) in [7, 11) is 1.77. The summed E-state index contributed by atoms with van der Waals surface area (Å²) in [6.07, 6.45) is -4.30. The number of halogens is 4. The summed E-state index contributed by atoms with van der Waals surface area (Å²) in [5.74, 6) is 0. The minimum absolute atomic E-state index is 0. The van der Waals surface area contributed by atoms with Crippen LogP contribution in [-0.2, 0) is 12.7 Å². The van der Waals surface area contributed by atoms with Gasteiger partial charge < -0.3 is 5.73 Å². The molecule has 1 aromatic rings. The third kappa shape index (κ3) is 4.48. The number of benzene rings is 1. The summed E-state index contributed by atoms with van der Waals surface area (Å²) >= 11 is 0. The van der Waals surface area contributed by atoms with Crippen molar-refractivity contribution >= 4 is 12.4 Å². The first-order valence-electron chi connectivity index (χ1n) is 5.41. The lowest BCUT2D eigenvalue weighted by Gasteiger charge is -2.24. The summed E-state index contributed by atoms with van der Waals surface area (Å²) in [4.78, 5) is 1.81. The van der Waals surface area contributed by atoms with Crippen molar-refractivity contribution in [3.8, 4) is 0 Å². The van der Waals surface area contributed by atoms with E-state index in [1.165, 1.54) is 12.1 Å². The zero-order valence-electron chi connectivity index (χ0n) is 10.4. The predicted octanol–water partition coefficient (Wildman–Crippen LogP) is 2.91. The summed E-state index contributed by atoms with van der Waals surface area (Å²) in [5, 5.41) is 0. The van der Waals surface area contributed by atoms with E-state index in [9.17, 15) is 13.2 Å². The summed E-state index contributed by atoms with van der Waals surface area (Å²) in [6, 6.07) is 5.68. The topological polar surface area (TPSA) is 29.3 Å². The van der Waals surface area contributed by atoms with E-state index in [4.69, 9.17) is 5.73 Å². The molecule has 0 amide bonds. The number of hydrogen-bond donors (Lipinski definition) is 1. The predicted molar refractivity (Wildman–Crippen MR) is 68.7 cm³/mol. The van der Waals surface area contributed by atoms with Crippen LogP contribution in [-0.4, -0.2) is 24.5 Å². The lowest BCUT2D eigenvalue weighted by atomic mass is 10.1. The molecule has 0 aliphatic heterocycles. The molecule has 1 aromatic carbocycles. The van der Waals surface area contributed by atoms with Gasteiger partial charge in [-0.05, 0) is 25.6 Å². The zero-order valence-corrected chi connectivity index (χ0v) is 11.2. The zero-order chi connectivity index (χ0) is 13.1. The number of alkyl halides is 3. The molecule has 2 N–H and O–H groups in total. The standard InChI is InChI=1S/C12H17F3N2.ClH/c1-9(7-16)17(2)8-10-5-3-4-6-11(10)12(13,14)15;/h3-6,9H,7-8,16H2,1-2H3;1H. The Hall–Kier alpha value is -0.780. The molecule has 0 radical (unpaired) electrons. The van der Waals surface area contributed by atoms with E-state index in [1.54, 1.807) is 13.1 Å². The summed E-state index contributed by atoms with van der Waals surface area (Å²) < 4.78 is 38.2. The fourth-order valence-corrected chi connectivity index (χ4v) is 1.54. The van der Waals surface area contributed by atoms with Gasteiger partial charge in [0, 0.05) is 19.1 Å². The Morgan fingerprint density at radius 1 is 1.28 bits per heavy atom. The minimum Gasteiger partial charge on any atom is -0.329 e. The second kappa shape index (κ2) is 6.97. The molecule has 0 saturated carbocycles. The van der Waals surface area contributed by atoms with E-state index in [1.807, 2.05) is 11.8 Å². The molecule has 6 heteroatoms. The monoisotopic (exact) mass is 282 g/mol. The van der Waals surface area contributed by atoms with Crippen molar-refractivity contribution in [2.75, 3.05) is 13.6 Å². The van der Waals surface area contributed by atoms with Gasteiger partial charge in [0.25, 0.3) is 0 Å². The number of rotatable bonds is 4. The highest BCUT2D eigenvalue weighted by Gasteiger charge is 2.33. The number of nitrogens with two attached hydrogens (primary N) is 1. The Bertz CT molecular complexity index is 369. The number of hydrogen-bond acceptors (Lipinski definition) is 2. The first-order valence-corrected chi connectivity index (χ1v) is 5.41. The first-order chi connectivity index (χ1) is 7.86. The fourth-order valence-electron chi connectivity index (χ4n) is 1.54. The van der Waals surface area contributed by atoms with Crippen molar-refractivity contribution in [3.63, 3.8) is 0 Å². The Balaban J connectivity index is 0.00000289. The molecule has 0 aromatic heterocycles. The molecule has 104 valence electrons. The highest BCUT2D eigenvalue weighted by molar-refractivity contribution is 5.85. The van der Waals surface area contributed by atoms with E-state index in [0.717, 1.165) is 6.07 Å². The van der Waals surface area contributed by atoms with Crippen molar-refractivity contribution in [3.05, 3.63) is 35.4 Å². The van der Waals surface area contributed by atoms with Gasteiger partial charge in [0.2, 0.25) is 0 Å². The van der Waals surface area contributed by atoms with Gasteiger partial charge in [0.05, 0.1) is 5.56 Å². The van der Waals surface area contributed by atoms with Gasteiger partial charge in [-0.2, -0.15) is 13.2 Å². The number of nitrogens with zero attached hydrogens (tertiary/aromatic N) is 1. The van der Waals surface area contributed by atoms with Crippen LogP contribution >= 0.6 is 12.4 Å². The van der Waals surface area contributed by atoms with Crippen molar-refractivity contribution in [2.45, 2.75) is 25.7 Å². The molecule has 0 heterocycles. The van der Waals surface area contributed by atoms with E-state index < -0.39 is 11.7 Å². The molecular weight excluding hydrogens is 265 g/mol. The van der Waals surface area contributed by atoms with Crippen molar-refractivity contribution in [1.82, 2.24) is 4.90 Å². The van der Waals surface area contributed by atoms with Crippen LogP contribution in [0.2, 0.25) is 0 Å². The van der Waals surface area contributed by atoms with Gasteiger partial charge >= 0.3 is 6.18 Å². The molecule has 0 aliphatic carbocycles. The smallest absolute Gasteiger partial charge is 0.329 e. The second-order valence-corrected chi connectivity index (χ2v) is 4.15. The van der Waals surface area contributed by atoms with E-state index in [2.05, 4.69) is 0 Å². The van der Waals surface area contributed by atoms with Crippen LogP contribution in [0.15, 0.2) is 24.3 Å². The van der Waals surface area contributed by atoms with Crippen molar-refractivity contribution in [1.29, 1.82) is 0 Å². The third-order valence-electron chi connectivity index (χ3n) is 2.84. The van der Waals surface area contributed by atoms with Gasteiger partial charge in [-0.3, -0.25) is 4.90 Å². The largest absolute Gasteiger partial charge is 0.416 e. The van der Waals surface area contributed by atoms with Crippen molar-refractivity contribution in [2.24, 2.45) is 5.73 Å². The molecular formula is C12H18ClF3N2. The molecule has 0 saturated heterocycles. The van der Waals surface area contributed by atoms with E-state index >= 15 is 0 Å². The van der Waals surface area contributed by atoms with E-state index in [-0.39, 0.29) is 30.6 Å².